The molecule has 2 aromatic heterocycles. The van der Waals surface area contributed by atoms with E-state index in [0.717, 1.165) is 33.8 Å². The van der Waals surface area contributed by atoms with Gasteiger partial charge in [0.2, 0.25) is 0 Å². The zero-order valence-electron chi connectivity index (χ0n) is 15.6. The number of aryl methyl sites for hydroxylation is 1. The molecule has 0 spiro atoms. The summed E-state index contributed by atoms with van der Waals surface area (Å²) < 4.78 is 1.85. The lowest BCUT2D eigenvalue weighted by Gasteiger charge is -2.00. The third-order valence-corrected chi connectivity index (χ3v) is 5.72. The molecule has 0 fully saturated rings. The molecule has 4 heteroatoms. The quantitative estimate of drug-likeness (QED) is 0.299. The second-order valence-corrected chi connectivity index (χ2v) is 7.56. The topological polar surface area (TPSA) is 34.9 Å². The fourth-order valence-corrected chi connectivity index (χ4v) is 3.86. The van der Waals surface area contributed by atoms with Crippen molar-refractivity contribution >= 4 is 23.2 Å². The molecule has 0 radical (unpaired) electrons. The van der Waals surface area contributed by atoms with E-state index in [2.05, 4.69) is 6.92 Å². The Morgan fingerprint density at radius 1 is 1.00 bits per heavy atom. The van der Waals surface area contributed by atoms with Gasteiger partial charge in [0.05, 0.1) is 16.3 Å². The fourth-order valence-electron chi connectivity index (χ4n) is 2.99. The SMILES string of the molecule is CCc1ccc(C(=O)/C=C/c2cn(-c3ccccc3)nc2-c2ccccc2)s1. The monoisotopic (exact) mass is 384 g/mol. The van der Waals surface area contributed by atoms with Gasteiger partial charge in [-0.05, 0) is 42.8 Å². The number of para-hydroxylation sites is 1. The van der Waals surface area contributed by atoms with Crippen LogP contribution in [0.5, 0.6) is 0 Å². The number of ketones is 1. The maximum absolute atomic E-state index is 12.6. The van der Waals surface area contributed by atoms with Crippen LogP contribution in [0.2, 0.25) is 0 Å². The van der Waals surface area contributed by atoms with E-state index in [1.54, 1.807) is 17.4 Å². The highest BCUT2D eigenvalue weighted by atomic mass is 32.1. The molecule has 0 saturated heterocycles. The van der Waals surface area contributed by atoms with Gasteiger partial charge in [-0.3, -0.25) is 4.79 Å². The van der Waals surface area contributed by atoms with Crippen LogP contribution in [0.25, 0.3) is 23.0 Å². The minimum Gasteiger partial charge on any atom is -0.288 e. The van der Waals surface area contributed by atoms with Crippen LogP contribution in [0.15, 0.2) is 85.1 Å². The van der Waals surface area contributed by atoms with Crippen molar-refractivity contribution in [3.63, 3.8) is 0 Å². The molecule has 3 nitrogen and oxygen atoms in total. The van der Waals surface area contributed by atoms with Crippen LogP contribution in [0.3, 0.4) is 0 Å². The van der Waals surface area contributed by atoms with E-state index in [9.17, 15) is 4.79 Å². The van der Waals surface area contributed by atoms with Crippen molar-refractivity contribution in [3.05, 3.63) is 100 Å². The number of allylic oxidation sites excluding steroid dienone is 1. The summed E-state index contributed by atoms with van der Waals surface area (Å²) in [4.78, 5) is 14.6. The number of aromatic nitrogens is 2. The fraction of sp³-hybridized carbons (Fsp3) is 0.0833. The van der Waals surface area contributed by atoms with E-state index in [1.165, 1.54) is 4.88 Å². The molecular weight excluding hydrogens is 364 g/mol. The Balaban J connectivity index is 1.70. The largest absolute Gasteiger partial charge is 0.288 e. The van der Waals surface area contributed by atoms with Gasteiger partial charge in [0.15, 0.2) is 5.78 Å². The minimum atomic E-state index is 0.0242. The predicted molar refractivity (Wildman–Crippen MR) is 116 cm³/mol. The highest BCUT2D eigenvalue weighted by Crippen LogP contribution is 2.25. The molecule has 4 aromatic rings. The second-order valence-electron chi connectivity index (χ2n) is 6.40. The number of thiophene rings is 1. The average molecular weight is 385 g/mol. The smallest absolute Gasteiger partial charge is 0.195 e. The molecule has 0 saturated carbocycles. The third-order valence-electron chi connectivity index (χ3n) is 4.48. The Kier molecular flexibility index (Phi) is 5.31. The van der Waals surface area contributed by atoms with Crippen LogP contribution in [0.4, 0.5) is 0 Å². The summed E-state index contributed by atoms with van der Waals surface area (Å²) >= 11 is 1.56. The predicted octanol–water partition coefficient (Wildman–Crippen LogP) is 6.06. The van der Waals surface area contributed by atoms with Gasteiger partial charge in [-0.1, -0.05) is 55.5 Å². The van der Waals surface area contributed by atoms with Gasteiger partial charge in [-0.2, -0.15) is 5.10 Å². The summed E-state index contributed by atoms with van der Waals surface area (Å²) in [5.41, 5.74) is 3.77. The first kappa shape index (κ1) is 18.1. The highest BCUT2D eigenvalue weighted by Gasteiger charge is 2.11. The molecule has 0 aliphatic rings. The zero-order chi connectivity index (χ0) is 19.3. The maximum atomic E-state index is 12.6. The van der Waals surface area contributed by atoms with Crippen molar-refractivity contribution in [1.82, 2.24) is 9.78 Å². The molecular formula is C24H20N2OS. The van der Waals surface area contributed by atoms with Crippen LogP contribution < -0.4 is 0 Å². The van der Waals surface area contributed by atoms with Crippen LogP contribution >= 0.6 is 11.3 Å². The van der Waals surface area contributed by atoms with Crippen molar-refractivity contribution in [2.24, 2.45) is 0 Å². The van der Waals surface area contributed by atoms with Crippen LogP contribution in [-0.2, 0) is 6.42 Å². The van der Waals surface area contributed by atoms with E-state index in [-0.39, 0.29) is 5.78 Å². The van der Waals surface area contributed by atoms with E-state index in [0.29, 0.717) is 0 Å². The molecule has 2 aromatic carbocycles. The van der Waals surface area contributed by atoms with Crippen LogP contribution in [-0.4, -0.2) is 15.6 Å². The highest BCUT2D eigenvalue weighted by molar-refractivity contribution is 7.14. The Morgan fingerprint density at radius 3 is 2.39 bits per heavy atom. The first-order valence-electron chi connectivity index (χ1n) is 9.26. The van der Waals surface area contributed by atoms with E-state index in [4.69, 9.17) is 5.10 Å². The number of carbonyl (C=O) groups is 1. The summed E-state index contributed by atoms with van der Waals surface area (Å²) in [6, 6.07) is 23.9. The average Bonchev–Trinajstić information content (AvgIpc) is 3.41. The molecule has 28 heavy (non-hydrogen) atoms. The zero-order valence-corrected chi connectivity index (χ0v) is 16.4. The summed E-state index contributed by atoms with van der Waals surface area (Å²) in [5.74, 6) is 0.0242. The molecule has 0 unspecified atom stereocenters. The molecule has 0 aliphatic carbocycles. The van der Waals surface area contributed by atoms with Gasteiger partial charge >= 0.3 is 0 Å². The molecule has 0 bridgehead atoms. The van der Waals surface area contributed by atoms with Gasteiger partial charge in [0.25, 0.3) is 0 Å². The van der Waals surface area contributed by atoms with E-state index >= 15 is 0 Å². The second kappa shape index (κ2) is 8.19. The van der Waals surface area contributed by atoms with Gasteiger partial charge in [-0.25, -0.2) is 4.68 Å². The number of nitrogens with zero attached hydrogens (tertiary/aromatic N) is 2. The summed E-state index contributed by atoms with van der Waals surface area (Å²) in [7, 11) is 0. The van der Waals surface area contributed by atoms with Crippen molar-refractivity contribution in [3.8, 4) is 16.9 Å². The van der Waals surface area contributed by atoms with Gasteiger partial charge < -0.3 is 0 Å². The van der Waals surface area contributed by atoms with Crippen molar-refractivity contribution in [2.75, 3.05) is 0 Å². The van der Waals surface area contributed by atoms with Crippen LogP contribution in [0, 0.1) is 0 Å². The lowest BCUT2D eigenvalue weighted by Crippen LogP contribution is -1.93. The van der Waals surface area contributed by atoms with Crippen molar-refractivity contribution < 1.29 is 4.79 Å². The van der Waals surface area contributed by atoms with Crippen molar-refractivity contribution in [1.29, 1.82) is 0 Å². The van der Waals surface area contributed by atoms with E-state index in [1.807, 2.05) is 89.8 Å². The Morgan fingerprint density at radius 2 is 1.71 bits per heavy atom. The molecule has 0 atom stereocenters. The van der Waals surface area contributed by atoms with Gasteiger partial charge in [0.1, 0.15) is 0 Å². The lowest BCUT2D eigenvalue weighted by molar-refractivity contribution is 0.105. The molecule has 0 N–H and O–H groups in total. The summed E-state index contributed by atoms with van der Waals surface area (Å²) in [6.45, 7) is 2.10. The summed E-state index contributed by atoms with van der Waals surface area (Å²) in [6.07, 6.45) is 6.42. The minimum absolute atomic E-state index is 0.0242. The molecule has 4 rings (SSSR count). The van der Waals surface area contributed by atoms with Gasteiger partial charge in [-0.15, -0.1) is 11.3 Å². The normalized spacial score (nSPS) is 11.2. The van der Waals surface area contributed by atoms with Gasteiger partial charge in [0, 0.05) is 22.2 Å². The third kappa shape index (κ3) is 3.87. The number of hydrogen-bond donors (Lipinski definition) is 0. The van der Waals surface area contributed by atoms with Crippen LogP contribution in [0.1, 0.15) is 27.0 Å². The Bertz CT molecular complexity index is 1110. The lowest BCUT2D eigenvalue weighted by atomic mass is 10.1. The maximum Gasteiger partial charge on any atom is 0.195 e. The first-order chi connectivity index (χ1) is 13.7. The molecule has 0 amide bonds. The number of carbonyl (C=O) groups excluding carboxylic acids is 1. The number of hydrogen-bond acceptors (Lipinski definition) is 3. The molecule has 138 valence electrons. The van der Waals surface area contributed by atoms with E-state index < -0.39 is 0 Å². The Hall–Kier alpha value is -3.24. The number of benzene rings is 2. The summed E-state index contributed by atoms with van der Waals surface area (Å²) in [5, 5.41) is 4.78. The van der Waals surface area contributed by atoms with Crippen molar-refractivity contribution in [2.45, 2.75) is 13.3 Å². The molecule has 0 aliphatic heterocycles. The molecule has 2 heterocycles. The standard InChI is InChI=1S/C24H20N2OS/c1-2-21-14-16-23(28-21)22(27)15-13-19-17-26(20-11-7-4-8-12-20)25-24(19)18-9-5-3-6-10-18/h3-17H,2H2,1H3/b15-13+. The first-order valence-corrected chi connectivity index (χ1v) is 10.1. The Labute approximate surface area is 168 Å². The number of rotatable bonds is 6.